The predicted octanol–water partition coefficient (Wildman–Crippen LogP) is 5.42. The second-order valence-electron chi connectivity index (χ2n) is 8.87. The molecule has 0 saturated carbocycles. The summed E-state index contributed by atoms with van der Waals surface area (Å²) in [5.41, 5.74) is 1.36. The Morgan fingerprint density at radius 2 is 1.89 bits per heavy atom. The molecule has 0 aliphatic carbocycles. The standard InChI is InChI=1S/C24H38N2O2/c1-9-23(7)16-21(25-22(27)17(3)4)18(5)24(8,10-2)26(23)28-19(6)20-14-12-11-13-15-20/h11-15,18-19,21H,3,9-10,16H2,1-2,4-8H3,(H,25,27). The first-order valence-corrected chi connectivity index (χ1v) is 10.6. The van der Waals surface area contributed by atoms with Gasteiger partial charge in [0.1, 0.15) is 6.10 Å². The molecule has 4 nitrogen and oxygen atoms in total. The maximum absolute atomic E-state index is 12.3. The van der Waals surface area contributed by atoms with Crippen molar-refractivity contribution >= 4 is 5.91 Å². The first kappa shape index (κ1) is 22.6. The van der Waals surface area contributed by atoms with Crippen molar-refractivity contribution in [3.63, 3.8) is 0 Å². The smallest absolute Gasteiger partial charge is 0.246 e. The largest absolute Gasteiger partial charge is 0.349 e. The molecule has 1 aliphatic heterocycles. The van der Waals surface area contributed by atoms with Gasteiger partial charge in [-0.05, 0) is 58.4 Å². The van der Waals surface area contributed by atoms with Gasteiger partial charge in [0, 0.05) is 22.7 Å². The van der Waals surface area contributed by atoms with E-state index in [1.54, 1.807) is 6.92 Å². The van der Waals surface area contributed by atoms with Gasteiger partial charge in [0.05, 0.1) is 0 Å². The summed E-state index contributed by atoms with van der Waals surface area (Å²) in [6, 6.07) is 10.4. The van der Waals surface area contributed by atoms with Gasteiger partial charge in [-0.1, -0.05) is 57.7 Å². The summed E-state index contributed by atoms with van der Waals surface area (Å²) in [4.78, 5) is 19.0. The van der Waals surface area contributed by atoms with E-state index in [-0.39, 0.29) is 35.0 Å². The van der Waals surface area contributed by atoms with Crippen molar-refractivity contribution in [3.05, 3.63) is 48.0 Å². The van der Waals surface area contributed by atoms with Gasteiger partial charge in [-0.3, -0.25) is 9.63 Å². The van der Waals surface area contributed by atoms with Crippen molar-refractivity contribution in [2.45, 2.75) is 91.0 Å². The summed E-state index contributed by atoms with van der Waals surface area (Å²) in [7, 11) is 0. The summed E-state index contributed by atoms with van der Waals surface area (Å²) in [5.74, 6) is 0.184. The van der Waals surface area contributed by atoms with Crippen LogP contribution < -0.4 is 5.32 Å². The minimum absolute atomic E-state index is 0.0355. The number of hydrogen-bond acceptors (Lipinski definition) is 3. The number of amides is 1. The number of carbonyl (C=O) groups excluding carboxylic acids is 1. The Morgan fingerprint density at radius 3 is 2.39 bits per heavy atom. The second kappa shape index (κ2) is 8.79. The molecule has 0 aromatic heterocycles. The van der Waals surface area contributed by atoms with Gasteiger partial charge >= 0.3 is 0 Å². The van der Waals surface area contributed by atoms with Crippen LogP contribution in [0.2, 0.25) is 0 Å². The van der Waals surface area contributed by atoms with E-state index in [0.717, 1.165) is 19.3 Å². The third kappa shape index (κ3) is 4.33. The number of nitrogens with zero attached hydrogens (tertiary/aromatic N) is 1. The number of carbonyl (C=O) groups is 1. The van der Waals surface area contributed by atoms with E-state index in [0.29, 0.717) is 5.57 Å². The Balaban J connectivity index is 2.35. The van der Waals surface area contributed by atoms with Crippen molar-refractivity contribution in [1.82, 2.24) is 10.4 Å². The molecular weight excluding hydrogens is 348 g/mol. The van der Waals surface area contributed by atoms with Crippen LogP contribution in [0, 0.1) is 5.92 Å². The van der Waals surface area contributed by atoms with Gasteiger partial charge in [-0.25, -0.2) is 0 Å². The van der Waals surface area contributed by atoms with E-state index < -0.39 is 0 Å². The average Bonchev–Trinajstić information content (AvgIpc) is 2.69. The number of nitrogens with one attached hydrogen (secondary N) is 1. The summed E-state index contributed by atoms with van der Waals surface area (Å²) in [5, 5.41) is 5.49. The Labute approximate surface area is 171 Å². The van der Waals surface area contributed by atoms with Crippen LogP contribution in [0.4, 0.5) is 0 Å². The maximum Gasteiger partial charge on any atom is 0.246 e. The average molecular weight is 387 g/mol. The molecule has 1 fully saturated rings. The molecule has 1 heterocycles. The third-order valence-corrected chi connectivity index (χ3v) is 6.91. The van der Waals surface area contributed by atoms with E-state index >= 15 is 0 Å². The van der Waals surface area contributed by atoms with Crippen LogP contribution in [0.15, 0.2) is 42.5 Å². The van der Waals surface area contributed by atoms with E-state index in [1.165, 1.54) is 5.56 Å². The molecule has 0 radical (unpaired) electrons. The molecule has 0 bridgehead atoms. The minimum Gasteiger partial charge on any atom is -0.349 e. The fourth-order valence-electron chi connectivity index (χ4n) is 4.38. The van der Waals surface area contributed by atoms with Gasteiger partial charge in [0.2, 0.25) is 5.91 Å². The van der Waals surface area contributed by atoms with Gasteiger partial charge in [0.25, 0.3) is 0 Å². The number of rotatable bonds is 7. The van der Waals surface area contributed by atoms with Gasteiger partial charge in [-0.15, -0.1) is 0 Å². The van der Waals surface area contributed by atoms with Crippen LogP contribution in [0.5, 0.6) is 0 Å². The Kier molecular flexibility index (Phi) is 7.11. The first-order chi connectivity index (χ1) is 13.1. The van der Waals surface area contributed by atoms with E-state index in [4.69, 9.17) is 4.84 Å². The van der Waals surface area contributed by atoms with Gasteiger partial charge in [0.15, 0.2) is 0 Å². The van der Waals surface area contributed by atoms with E-state index in [9.17, 15) is 4.79 Å². The molecule has 28 heavy (non-hydrogen) atoms. The molecule has 5 unspecified atom stereocenters. The highest BCUT2D eigenvalue weighted by Gasteiger charge is 2.54. The lowest BCUT2D eigenvalue weighted by Gasteiger charge is -2.60. The minimum atomic E-state index is -0.195. The normalized spacial score (nSPS) is 32.0. The highest BCUT2D eigenvalue weighted by molar-refractivity contribution is 5.92. The zero-order valence-corrected chi connectivity index (χ0v) is 18.7. The zero-order valence-electron chi connectivity index (χ0n) is 18.7. The highest BCUT2D eigenvalue weighted by atomic mass is 16.7. The summed E-state index contributed by atoms with van der Waals surface area (Å²) < 4.78 is 0. The van der Waals surface area contributed by atoms with Crippen LogP contribution in [-0.2, 0) is 9.63 Å². The SMILES string of the molecule is C=C(C)C(=O)NC1CC(C)(CC)N(OC(C)c2ccccc2)C(C)(CC)C1C. The van der Waals surface area contributed by atoms with E-state index in [2.05, 4.69) is 82.8 Å². The molecule has 156 valence electrons. The molecule has 5 atom stereocenters. The highest BCUT2D eigenvalue weighted by Crippen LogP contribution is 2.47. The molecule has 1 aliphatic rings. The van der Waals surface area contributed by atoms with Gasteiger partial charge < -0.3 is 5.32 Å². The number of benzene rings is 1. The molecule has 1 N–H and O–H groups in total. The number of piperidine rings is 1. The fourth-order valence-corrected chi connectivity index (χ4v) is 4.38. The van der Waals surface area contributed by atoms with Crippen molar-refractivity contribution in [2.75, 3.05) is 0 Å². The Morgan fingerprint density at radius 1 is 1.29 bits per heavy atom. The molecule has 1 aromatic rings. The third-order valence-electron chi connectivity index (χ3n) is 6.91. The summed E-state index contributed by atoms with van der Waals surface area (Å²) in [6.07, 6.45) is 2.69. The van der Waals surface area contributed by atoms with Crippen molar-refractivity contribution in [3.8, 4) is 0 Å². The van der Waals surface area contributed by atoms with Crippen LogP contribution in [0.1, 0.15) is 79.4 Å². The second-order valence-corrected chi connectivity index (χ2v) is 8.87. The Hall–Kier alpha value is -1.65. The molecular formula is C24H38N2O2. The fraction of sp³-hybridized carbons (Fsp3) is 0.625. The molecule has 0 spiro atoms. The van der Waals surface area contributed by atoms with Crippen molar-refractivity contribution in [2.24, 2.45) is 5.92 Å². The van der Waals surface area contributed by atoms with Crippen LogP contribution >= 0.6 is 0 Å². The first-order valence-electron chi connectivity index (χ1n) is 10.6. The van der Waals surface area contributed by atoms with Crippen LogP contribution in [0.25, 0.3) is 0 Å². The molecule has 4 heteroatoms. The maximum atomic E-state index is 12.3. The summed E-state index contributed by atoms with van der Waals surface area (Å²) in [6.45, 7) is 18.8. The number of hydroxylamine groups is 2. The topological polar surface area (TPSA) is 41.6 Å². The lowest BCUT2D eigenvalue weighted by atomic mass is 9.68. The van der Waals surface area contributed by atoms with Crippen LogP contribution in [-0.4, -0.2) is 28.1 Å². The molecule has 1 saturated heterocycles. The Bertz CT molecular complexity index is 689. The quantitative estimate of drug-likeness (QED) is 0.636. The molecule has 1 aromatic carbocycles. The van der Waals surface area contributed by atoms with Crippen molar-refractivity contribution in [1.29, 1.82) is 0 Å². The summed E-state index contributed by atoms with van der Waals surface area (Å²) >= 11 is 0. The van der Waals surface area contributed by atoms with E-state index in [1.807, 2.05) is 6.07 Å². The number of hydrogen-bond donors (Lipinski definition) is 1. The van der Waals surface area contributed by atoms with Crippen molar-refractivity contribution < 1.29 is 9.63 Å². The monoisotopic (exact) mass is 386 g/mol. The van der Waals surface area contributed by atoms with Gasteiger partial charge in [-0.2, -0.15) is 5.06 Å². The predicted molar refractivity (Wildman–Crippen MR) is 116 cm³/mol. The molecule has 1 amide bonds. The lowest BCUT2D eigenvalue weighted by molar-refractivity contribution is -0.327. The van der Waals surface area contributed by atoms with Crippen LogP contribution in [0.3, 0.4) is 0 Å². The lowest BCUT2D eigenvalue weighted by Crippen LogP contribution is -2.70. The molecule has 2 rings (SSSR count). The zero-order chi connectivity index (χ0) is 21.1.